The molecule has 1 aromatic heterocycles. The van der Waals surface area contributed by atoms with Gasteiger partial charge in [-0.25, -0.2) is 4.98 Å². The fourth-order valence-corrected chi connectivity index (χ4v) is 8.15. The summed E-state index contributed by atoms with van der Waals surface area (Å²) in [6, 6.07) is 9.46. The maximum Gasteiger partial charge on any atom is 0.244 e. The molecule has 0 radical (unpaired) electrons. The number of likely N-dealkylation sites (tertiary alicyclic amines) is 1. The number of aliphatic hydroxyl groups is 1. The van der Waals surface area contributed by atoms with Crippen LogP contribution in [-0.2, 0) is 37.4 Å². The van der Waals surface area contributed by atoms with Crippen molar-refractivity contribution in [3.05, 3.63) is 53.2 Å². The van der Waals surface area contributed by atoms with E-state index in [0.29, 0.717) is 69.7 Å². The van der Waals surface area contributed by atoms with Crippen LogP contribution in [-0.4, -0.2) is 120 Å². The van der Waals surface area contributed by atoms with Crippen molar-refractivity contribution in [3.8, 4) is 0 Å². The van der Waals surface area contributed by atoms with E-state index in [1.54, 1.807) is 6.20 Å². The normalized spacial score (nSPS) is 26.5. The first-order chi connectivity index (χ1) is 23.1. The third-order valence-electron chi connectivity index (χ3n) is 11.2. The number of fused-ring (bicyclic) bond motifs is 3. The highest BCUT2D eigenvalue weighted by Crippen LogP contribution is 2.47. The Hall–Kier alpha value is -3.91. The van der Waals surface area contributed by atoms with Crippen LogP contribution in [0.15, 0.2) is 36.5 Å². The minimum absolute atomic E-state index is 0.0651. The highest BCUT2D eigenvalue weighted by molar-refractivity contribution is 6.06. The molecule has 1 aliphatic carbocycles. The molecule has 13 nitrogen and oxygen atoms in total. The van der Waals surface area contributed by atoms with Gasteiger partial charge in [-0.3, -0.25) is 24.1 Å². The van der Waals surface area contributed by atoms with Gasteiger partial charge in [-0.2, -0.15) is 0 Å². The van der Waals surface area contributed by atoms with E-state index in [-0.39, 0.29) is 30.8 Å². The Bertz CT molecular complexity index is 1590. The van der Waals surface area contributed by atoms with Gasteiger partial charge >= 0.3 is 0 Å². The number of nitrogens with one attached hydrogen (secondary N) is 4. The molecule has 5 aliphatic rings. The number of carbonyl (C=O) groups is 4. The van der Waals surface area contributed by atoms with Gasteiger partial charge in [0.05, 0.1) is 17.4 Å². The Balaban J connectivity index is 1.03. The Labute approximate surface area is 280 Å². The smallest absolute Gasteiger partial charge is 0.244 e. The molecular weight excluding hydrogens is 612 g/mol. The van der Waals surface area contributed by atoms with Gasteiger partial charge in [-0.1, -0.05) is 19.1 Å². The molecule has 2 atom stereocenters. The van der Waals surface area contributed by atoms with E-state index in [4.69, 9.17) is 0 Å². The molecule has 1 aromatic carbocycles. The van der Waals surface area contributed by atoms with Crippen LogP contribution in [0, 0.1) is 5.41 Å². The molecule has 256 valence electrons. The minimum atomic E-state index is -1.51. The minimum Gasteiger partial charge on any atom is -0.369 e. The van der Waals surface area contributed by atoms with E-state index in [0.717, 1.165) is 49.4 Å². The zero-order chi connectivity index (χ0) is 33.5. The van der Waals surface area contributed by atoms with E-state index in [2.05, 4.69) is 31.2 Å². The second-order valence-electron chi connectivity index (χ2n) is 14.4. The second kappa shape index (κ2) is 12.8. The first-order valence-corrected chi connectivity index (χ1v) is 17.2. The van der Waals surface area contributed by atoms with E-state index < -0.39 is 22.5 Å². The number of hydrogen-bond donors (Lipinski definition) is 5. The highest BCUT2D eigenvalue weighted by Gasteiger charge is 2.51. The van der Waals surface area contributed by atoms with Crippen molar-refractivity contribution in [1.29, 1.82) is 0 Å². The highest BCUT2D eigenvalue weighted by atomic mass is 16.3. The molecule has 5 heterocycles. The summed E-state index contributed by atoms with van der Waals surface area (Å²) in [5.74, 6) is -0.0639. The van der Waals surface area contributed by atoms with Crippen molar-refractivity contribution in [3.63, 3.8) is 0 Å². The molecule has 13 heteroatoms. The summed E-state index contributed by atoms with van der Waals surface area (Å²) in [4.78, 5) is 63.8. The van der Waals surface area contributed by atoms with Crippen LogP contribution in [0.25, 0.3) is 0 Å². The lowest BCUT2D eigenvalue weighted by molar-refractivity contribution is -0.178. The number of anilines is 2. The van der Waals surface area contributed by atoms with Crippen molar-refractivity contribution in [2.75, 3.05) is 76.1 Å². The van der Waals surface area contributed by atoms with Crippen LogP contribution >= 0.6 is 0 Å². The fraction of sp³-hybridized carbons (Fsp3) is 0.571. The van der Waals surface area contributed by atoms with Gasteiger partial charge in [0, 0.05) is 63.3 Å². The SMILES string of the molecule is CC1(C(=O)N(CC(=O)Nc2ccc3c(c2)C[C@@]2(C3)C(=O)Nc3ncccc32)[C@]2(O)CCCNC2)CCN(C(=O)CN2CCNCC2)CC1. The van der Waals surface area contributed by atoms with Crippen molar-refractivity contribution in [2.45, 2.75) is 56.6 Å². The number of aromatic nitrogens is 1. The van der Waals surface area contributed by atoms with Gasteiger partial charge in [0.1, 0.15) is 12.4 Å². The monoisotopic (exact) mass is 658 g/mol. The first-order valence-electron chi connectivity index (χ1n) is 17.2. The average Bonchev–Trinajstić information content (AvgIpc) is 3.60. The summed E-state index contributed by atoms with van der Waals surface area (Å²) < 4.78 is 0. The number of β-amino-alcohol motifs (C(OH)–C–C–N with tert-alkyl or cyclic N) is 1. The maximum absolute atomic E-state index is 14.3. The maximum atomic E-state index is 14.3. The average molecular weight is 659 g/mol. The third-order valence-corrected chi connectivity index (χ3v) is 11.2. The van der Waals surface area contributed by atoms with Crippen molar-refractivity contribution >= 4 is 35.1 Å². The van der Waals surface area contributed by atoms with Crippen molar-refractivity contribution in [2.24, 2.45) is 5.41 Å². The van der Waals surface area contributed by atoms with E-state index in [1.165, 1.54) is 4.90 Å². The number of nitrogens with zero attached hydrogens (tertiary/aromatic N) is 4. The Morgan fingerprint density at radius 3 is 2.52 bits per heavy atom. The number of rotatable bonds is 7. The lowest BCUT2D eigenvalue weighted by Crippen LogP contribution is -2.64. The summed E-state index contributed by atoms with van der Waals surface area (Å²) in [6.45, 7) is 7.22. The molecule has 1 spiro atoms. The van der Waals surface area contributed by atoms with E-state index in [1.807, 2.05) is 42.2 Å². The van der Waals surface area contributed by atoms with Crippen LogP contribution in [0.5, 0.6) is 0 Å². The molecule has 7 rings (SSSR count). The number of piperidine rings is 2. The van der Waals surface area contributed by atoms with Gasteiger partial charge in [0.15, 0.2) is 5.72 Å². The van der Waals surface area contributed by atoms with E-state index in [9.17, 15) is 24.3 Å². The predicted molar refractivity (Wildman–Crippen MR) is 179 cm³/mol. The van der Waals surface area contributed by atoms with Gasteiger partial charge in [0.2, 0.25) is 23.6 Å². The Morgan fingerprint density at radius 2 is 1.77 bits per heavy atom. The molecule has 0 bridgehead atoms. The zero-order valence-electron chi connectivity index (χ0n) is 27.6. The first kappa shape index (κ1) is 32.6. The van der Waals surface area contributed by atoms with Crippen LogP contribution in [0.3, 0.4) is 0 Å². The van der Waals surface area contributed by atoms with Crippen LogP contribution in [0.2, 0.25) is 0 Å². The number of pyridine rings is 1. The summed E-state index contributed by atoms with van der Waals surface area (Å²) >= 11 is 0. The van der Waals surface area contributed by atoms with Crippen molar-refractivity contribution < 1.29 is 24.3 Å². The summed E-state index contributed by atoms with van der Waals surface area (Å²) in [5, 5.41) is 24.2. The Morgan fingerprint density at radius 1 is 1.00 bits per heavy atom. The van der Waals surface area contributed by atoms with Crippen LogP contribution < -0.4 is 21.3 Å². The van der Waals surface area contributed by atoms with Crippen LogP contribution in [0.4, 0.5) is 11.5 Å². The summed E-state index contributed by atoms with van der Waals surface area (Å²) in [6.07, 6.45) is 4.68. The molecule has 5 N–H and O–H groups in total. The lowest BCUT2D eigenvalue weighted by Gasteiger charge is -2.47. The third kappa shape index (κ3) is 6.08. The quantitative estimate of drug-likeness (QED) is 0.266. The number of benzene rings is 1. The number of hydrogen-bond acceptors (Lipinski definition) is 9. The Kier molecular flexibility index (Phi) is 8.73. The van der Waals surface area contributed by atoms with Gasteiger partial charge in [-0.05, 0) is 74.4 Å². The van der Waals surface area contributed by atoms with Gasteiger partial charge in [0.25, 0.3) is 0 Å². The van der Waals surface area contributed by atoms with Crippen molar-refractivity contribution in [1.82, 2.24) is 30.3 Å². The van der Waals surface area contributed by atoms with Gasteiger partial charge in [-0.15, -0.1) is 0 Å². The molecule has 2 aromatic rings. The molecule has 4 amide bonds. The molecule has 3 fully saturated rings. The molecular formula is C35H46N8O5. The largest absolute Gasteiger partial charge is 0.369 e. The topological polar surface area (TPSA) is 159 Å². The second-order valence-corrected chi connectivity index (χ2v) is 14.4. The van der Waals surface area contributed by atoms with Crippen LogP contribution in [0.1, 0.15) is 49.3 Å². The number of amides is 4. The molecule has 0 saturated carbocycles. The predicted octanol–water partition coefficient (Wildman–Crippen LogP) is 0.443. The molecule has 4 aliphatic heterocycles. The molecule has 3 saturated heterocycles. The standard InChI is InChI=1S/C35H46N8O5/c1-33(8-14-42(15-9-33)29(45)22-41-16-12-36-13-17-41)32(47)43(35(48)7-3-10-37-23-35)21-28(44)39-26-6-5-24-19-34(20-25(24)18-26)27-4-2-11-38-30(27)40-31(34)46/h2,4-6,11,18,36-37,48H,3,7-10,12-17,19-23H2,1H3,(H,39,44)(H,38,40,46)/t34-,35+/m1/s1. The molecule has 48 heavy (non-hydrogen) atoms. The number of piperazine rings is 1. The van der Waals surface area contributed by atoms with E-state index >= 15 is 0 Å². The fourth-order valence-electron chi connectivity index (χ4n) is 8.15. The van der Waals surface area contributed by atoms with Gasteiger partial charge < -0.3 is 36.2 Å². The number of carbonyl (C=O) groups excluding carboxylic acids is 4. The zero-order valence-corrected chi connectivity index (χ0v) is 27.6. The lowest BCUT2D eigenvalue weighted by atomic mass is 9.78. The summed E-state index contributed by atoms with van der Waals surface area (Å²) in [5.41, 5.74) is 0.447. The molecule has 0 unspecified atom stereocenters. The summed E-state index contributed by atoms with van der Waals surface area (Å²) in [7, 11) is 0.